The number of nitrogens with one attached hydrogen (secondary N) is 1. The van der Waals surface area contributed by atoms with Crippen LogP contribution in [0.3, 0.4) is 0 Å². The maximum absolute atomic E-state index is 12.6. The van der Waals surface area contributed by atoms with Crippen molar-refractivity contribution in [3.05, 3.63) is 54.6 Å². The number of hydrogen-bond acceptors (Lipinski definition) is 2. The van der Waals surface area contributed by atoms with Crippen molar-refractivity contribution >= 4 is 23.4 Å². The van der Waals surface area contributed by atoms with Gasteiger partial charge in [-0.3, -0.25) is 4.79 Å². The second-order valence-electron chi connectivity index (χ2n) is 6.09. The lowest BCUT2D eigenvalue weighted by molar-refractivity contribution is -0.115. The molecule has 23 heavy (non-hydrogen) atoms. The topological polar surface area (TPSA) is 29.1 Å². The molecular weight excluding hydrogens is 302 g/mol. The summed E-state index contributed by atoms with van der Waals surface area (Å²) in [5, 5.41) is 3.76. The third-order valence-corrected chi connectivity index (χ3v) is 5.82. The molecule has 120 valence electrons. The molecule has 0 saturated heterocycles. The molecule has 1 amide bonds. The number of para-hydroxylation sites is 1. The van der Waals surface area contributed by atoms with Gasteiger partial charge in [-0.25, -0.2) is 0 Å². The van der Waals surface area contributed by atoms with E-state index in [0.29, 0.717) is 5.25 Å². The number of carbonyl (C=O) groups is 1. The smallest absolute Gasteiger partial charge is 0.237 e. The van der Waals surface area contributed by atoms with Gasteiger partial charge in [0.25, 0.3) is 0 Å². The van der Waals surface area contributed by atoms with Gasteiger partial charge in [0.15, 0.2) is 0 Å². The molecule has 0 aliphatic heterocycles. The van der Waals surface area contributed by atoms with Crippen molar-refractivity contribution in [3.8, 4) is 11.1 Å². The average molecular weight is 325 g/mol. The van der Waals surface area contributed by atoms with Crippen LogP contribution in [0.2, 0.25) is 0 Å². The van der Waals surface area contributed by atoms with E-state index in [1.165, 1.54) is 25.7 Å². The Morgan fingerprint density at radius 1 is 1.04 bits per heavy atom. The first-order valence-corrected chi connectivity index (χ1v) is 9.29. The first-order valence-electron chi connectivity index (χ1n) is 8.35. The summed E-state index contributed by atoms with van der Waals surface area (Å²) in [5.74, 6) is 0.102. The van der Waals surface area contributed by atoms with E-state index in [4.69, 9.17) is 0 Å². The Labute approximate surface area is 142 Å². The average Bonchev–Trinajstić information content (AvgIpc) is 3.09. The largest absolute Gasteiger partial charge is 0.325 e. The van der Waals surface area contributed by atoms with Crippen LogP contribution in [0.4, 0.5) is 5.69 Å². The van der Waals surface area contributed by atoms with Gasteiger partial charge in [0.1, 0.15) is 0 Å². The minimum atomic E-state index is -0.0121. The van der Waals surface area contributed by atoms with Gasteiger partial charge in [0, 0.05) is 16.5 Å². The summed E-state index contributed by atoms with van der Waals surface area (Å²) in [7, 11) is 0. The monoisotopic (exact) mass is 325 g/mol. The van der Waals surface area contributed by atoms with Gasteiger partial charge < -0.3 is 5.32 Å². The van der Waals surface area contributed by atoms with Crippen molar-refractivity contribution in [2.45, 2.75) is 43.1 Å². The van der Waals surface area contributed by atoms with Gasteiger partial charge in [-0.1, -0.05) is 61.4 Å². The maximum atomic E-state index is 12.6. The fraction of sp³-hybridized carbons (Fsp3) is 0.350. The van der Waals surface area contributed by atoms with E-state index in [0.717, 1.165) is 16.8 Å². The summed E-state index contributed by atoms with van der Waals surface area (Å²) in [6.45, 7) is 2.02. The van der Waals surface area contributed by atoms with Crippen LogP contribution in [0.25, 0.3) is 11.1 Å². The van der Waals surface area contributed by atoms with Crippen LogP contribution >= 0.6 is 11.8 Å². The van der Waals surface area contributed by atoms with Crippen LogP contribution in [0.15, 0.2) is 54.6 Å². The van der Waals surface area contributed by atoms with Gasteiger partial charge >= 0.3 is 0 Å². The lowest BCUT2D eigenvalue weighted by Crippen LogP contribution is -2.24. The fourth-order valence-electron chi connectivity index (χ4n) is 3.07. The summed E-state index contributed by atoms with van der Waals surface area (Å²) in [6, 6.07) is 18.2. The molecule has 3 rings (SSSR count). The first-order chi connectivity index (χ1) is 11.2. The van der Waals surface area contributed by atoms with Crippen molar-refractivity contribution < 1.29 is 4.79 Å². The van der Waals surface area contributed by atoms with Crippen LogP contribution in [-0.4, -0.2) is 16.4 Å². The number of amides is 1. The van der Waals surface area contributed by atoms with Crippen molar-refractivity contribution in [2.75, 3.05) is 5.32 Å². The quantitative estimate of drug-likeness (QED) is 0.802. The van der Waals surface area contributed by atoms with E-state index < -0.39 is 0 Å². The Bertz CT molecular complexity index is 650. The molecule has 0 bridgehead atoms. The molecule has 1 N–H and O–H groups in total. The minimum Gasteiger partial charge on any atom is -0.325 e. The van der Waals surface area contributed by atoms with E-state index >= 15 is 0 Å². The molecule has 0 spiro atoms. The summed E-state index contributed by atoms with van der Waals surface area (Å²) >= 11 is 1.82. The zero-order chi connectivity index (χ0) is 16.1. The van der Waals surface area contributed by atoms with Crippen molar-refractivity contribution in [2.24, 2.45) is 0 Å². The Morgan fingerprint density at radius 2 is 1.70 bits per heavy atom. The minimum absolute atomic E-state index is 0.0121. The Hall–Kier alpha value is -1.74. The molecular formula is C20H23NOS. The van der Waals surface area contributed by atoms with Crippen molar-refractivity contribution in [1.82, 2.24) is 0 Å². The zero-order valence-electron chi connectivity index (χ0n) is 13.5. The van der Waals surface area contributed by atoms with Crippen molar-refractivity contribution in [3.63, 3.8) is 0 Å². The molecule has 0 aromatic heterocycles. The van der Waals surface area contributed by atoms with E-state index in [9.17, 15) is 4.79 Å². The first kappa shape index (κ1) is 16.1. The highest BCUT2D eigenvalue weighted by Crippen LogP contribution is 2.33. The van der Waals surface area contributed by atoms with E-state index in [2.05, 4.69) is 23.5 Å². The molecule has 2 aromatic carbocycles. The molecule has 2 nitrogen and oxygen atoms in total. The summed E-state index contributed by atoms with van der Waals surface area (Å²) in [4.78, 5) is 12.6. The Kier molecular flexibility index (Phi) is 5.39. The molecule has 1 fully saturated rings. The van der Waals surface area contributed by atoms with Crippen molar-refractivity contribution in [1.29, 1.82) is 0 Å². The molecule has 1 saturated carbocycles. The standard InChI is InChI=1S/C20H23NOS/c1-15(23-17-11-5-6-12-17)20(22)21-19-14-8-7-13-18(19)16-9-3-2-4-10-16/h2-4,7-10,13-15,17H,5-6,11-12H2,1H3,(H,21,22)/t15-/m1/s1. The SMILES string of the molecule is C[C@@H](SC1CCCC1)C(=O)Nc1ccccc1-c1ccccc1. The van der Waals surface area contributed by atoms with Gasteiger partial charge in [-0.15, -0.1) is 11.8 Å². The predicted octanol–water partition coefficient (Wildman–Crippen LogP) is 5.36. The van der Waals surface area contributed by atoms with E-state index in [-0.39, 0.29) is 11.2 Å². The second kappa shape index (κ2) is 7.69. The molecule has 1 aliphatic carbocycles. The summed E-state index contributed by atoms with van der Waals surface area (Å²) in [5.41, 5.74) is 3.08. The third-order valence-electron chi connectivity index (χ3n) is 4.34. The fourth-order valence-corrected chi connectivity index (χ4v) is 4.44. The van der Waals surface area contributed by atoms with Crippen LogP contribution in [0.5, 0.6) is 0 Å². The molecule has 1 atom stereocenters. The molecule has 0 heterocycles. The lowest BCUT2D eigenvalue weighted by atomic mass is 10.0. The molecule has 3 heteroatoms. The van der Waals surface area contributed by atoms with Gasteiger partial charge in [-0.2, -0.15) is 0 Å². The van der Waals surface area contributed by atoms with Crippen LogP contribution in [0.1, 0.15) is 32.6 Å². The highest BCUT2D eigenvalue weighted by molar-refractivity contribution is 8.01. The molecule has 0 radical (unpaired) electrons. The Morgan fingerprint density at radius 3 is 2.43 bits per heavy atom. The number of anilines is 1. The highest BCUT2D eigenvalue weighted by atomic mass is 32.2. The van der Waals surface area contributed by atoms with Gasteiger partial charge in [-0.05, 0) is 31.4 Å². The zero-order valence-corrected chi connectivity index (χ0v) is 14.3. The second-order valence-corrected chi connectivity index (χ2v) is 7.73. The van der Waals surface area contributed by atoms with Gasteiger partial charge in [0.2, 0.25) is 5.91 Å². The van der Waals surface area contributed by atoms with Crippen LogP contribution < -0.4 is 5.32 Å². The number of hydrogen-bond donors (Lipinski definition) is 1. The predicted molar refractivity (Wildman–Crippen MR) is 99.8 cm³/mol. The third kappa shape index (κ3) is 4.17. The molecule has 2 aromatic rings. The lowest BCUT2D eigenvalue weighted by Gasteiger charge is -2.17. The molecule has 1 aliphatic rings. The van der Waals surface area contributed by atoms with Crippen LogP contribution in [-0.2, 0) is 4.79 Å². The number of benzene rings is 2. The number of carbonyl (C=O) groups excluding carboxylic acids is 1. The summed E-state index contributed by atoms with van der Waals surface area (Å²) in [6.07, 6.45) is 5.12. The molecule has 0 unspecified atom stereocenters. The maximum Gasteiger partial charge on any atom is 0.237 e. The number of rotatable bonds is 5. The van der Waals surface area contributed by atoms with Gasteiger partial charge in [0.05, 0.1) is 5.25 Å². The van der Waals surface area contributed by atoms with Crippen LogP contribution in [0, 0.1) is 0 Å². The highest BCUT2D eigenvalue weighted by Gasteiger charge is 2.22. The number of thioether (sulfide) groups is 1. The summed E-state index contributed by atoms with van der Waals surface area (Å²) < 4.78 is 0. The Balaban J connectivity index is 1.71. The normalized spacial score (nSPS) is 16.2. The van der Waals surface area contributed by atoms with E-state index in [1.807, 2.05) is 55.1 Å². The van der Waals surface area contributed by atoms with E-state index in [1.54, 1.807) is 0 Å².